The van der Waals surface area contributed by atoms with Crippen LogP contribution in [-0.4, -0.2) is 82.4 Å². The van der Waals surface area contributed by atoms with E-state index in [-0.39, 0.29) is 30.9 Å². The normalized spacial score (nSPS) is 20.8. The van der Waals surface area contributed by atoms with E-state index in [2.05, 4.69) is 5.10 Å². The largest absolute Gasteiger partial charge is 0.481 e. The third kappa shape index (κ3) is 4.35. The first-order valence-electron chi connectivity index (χ1n) is 9.76. The van der Waals surface area contributed by atoms with E-state index >= 15 is 0 Å². The summed E-state index contributed by atoms with van der Waals surface area (Å²) in [5.74, 6) is -1.89. The topological polar surface area (TPSA) is 105 Å². The number of nitrogens with zero attached hydrogens (tertiary/aromatic N) is 4. The monoisotopic (exact) mass is 392 g/mol. The van der Waals surface area contributed by atoms with Gasteiger partial charge in [-0.3, -0.25) is 19.1 Å². The van der Waals surface area contributed by atoms with Crippen molar-refractivity contribution in [3.8, 4) is 0 Å². The fourth-order valence-electron chi connectivity index (χ4n) is 3.92. The van der Waals surface area contributed by atoms with E-state index in [1.807, 2.05) is 11.6 Å². The SMILES string of the molecule is Cc1c(C(=O)N(C)CC(=O)N2CCCC(C(=O)O)C2)cnn1C1CCOCC1. The molecular formula is C19H28N4O5. The van der Waals surface area contributed by atoms with Crippen molar-refractivity contribution >= 4 is 17.8 Å². The van der Waals surface area contributed by atoms with Crippen LogP contribution in [0.25, 0.3) is 0 Å². The van der Waals surface area contributed by atoms with Crippen LogP contribution in [0.3, 0.4) is 0 Å². The summed E-state index contributed by atoms with van der Waals surface area (Å²) in [5, 5.41) is 13.6. The lowest BCUT2D eigenvalue weighted by Crippen LogP contribution is -2.47. The molecule has 3 heterocycles. The van der Waals surface area contributed by atoms with E-state index < -0.39 is 11.9 Å². The zero-order valence-corrected chi connectivity index (χ0v) is 16.5. The number of carboxylic acids is 1. The van der Waals surface area contributed by atoms with Gasteiger partial charge in [-0.1, -0.05) is 0 Å². The second kappa shape index (κ2) is 8.72. The molecule has 2 aliphatic heterocycles. The van der Waals surface area contributed by atoms with Crippen LogP contribution in [0.1, 0.15) is 47.8 Å². The third-order valence-corrected chi connectivity index (χ3v) is 5.65. The summed E-state index contributed by atoms with van der Waals surface area (Å²) in [6, 6.07) is 0.226. The van der Waals surface area contributed by atoms with Crippen molar-refractivity contribution in [2.45, 2.75) is 38.6 Å². The van der Waals surface area contributed by atoms with E-state index in [4.69, 9.17) is 4.74 Å². The second-order valence-electron chi connectivity index (χ2n) is 7.61. The predicted octanol–water partition coefficient (Wildman–Crippen LogP) is 0.938. The number of rotatable bonds is 5. The highest BCUT2D eigenvalue weighted by molar-refractivity contribution is 5.97. The summed E-state index contributed by atoms with van der Waals surface area (Å²) in [7, 11) is 1.59. The van der Waals surface area contributed by atoms with Crippen LogP contribution in [0, 0.1) is 12.8 Å². The number of likely N-dealkylation sites (tertiary alicyclic amines) is 1. The molecule has 9 nitrogen and oxygen atoms in total. The van der Waals surface area contributed by atoms with Gasteiger partial charge in [0.15, 0.2) is 0 Å². The van der Waals surface area contributed by atoms with E-state index in [0.717, 1.165) is 18.5 Å². The lowest BCUT2D eigenvalue weighted by molar-refractivity contribution is -0.145. The number of piperidine rings is 1. The van der Waals surface area contributed by atoms with E-state index in [0.29, 0.717) is 38.2 Å². The quantitative estimate of drug-likeness (QED) is 0.800. The molecule has 2 amide bonds. The van der Waals surface area contributed by atoms with Gasteiger partial charge in [0.05, 0.1) is 30.3 Å². The minimum absolute atomic E-state index is 0.0763. The summed E-state index contributed by atoms with van der Waals surface area (Å²) in [4.78, 5) is 39.5. The second-order valence-corrected chi connectivity index (χ2v) is 7.61. The minimum Gasteiger partial charge on any atom is -0.481 e. The van der Waals surface area contributed by atoms with Crippen LogP contribution in [0.15, 0.2) is 6.20 Å². The number of aromatic nitrogens is 2. The van der Waals surface area contributed by atoms with Crippen LogP contribution < -0.4 is 0 Å². The predicted molar refractivity (Wildman–Crippen MR) is 100.0 cm³/mol. The number of ether oxygens (including phenoxy) is 1. The lowest BCUT2D eigenvalue weighted by Gasteiger charge is -2.32. The fourth-order valence-corrected chi connectivity index (χ4v) is 3.92. The number of hydrogen-bond donors (Lipinski definition) is 1. The van der Waals surface area contributed by atoms with Crippen molar-refractivity contribution in [1.29, 1.82) is 0 Å². The zero-order chi connectivity index (χ0) is 20.3. The Hall–Kier alpha value is -2.42. The third-order valence-electron chi connectivity index (χ3n) is 5.65. The molecule has 154 valence electrons. The lowest BCUT2D eigenvalue weighted by atomic mass is 9.98. The Balaban J connectivity index is 1.62. The number of hydrogen-bond acceptors (Lipinski definition) is 5. The summed E-state index contributed by atoms with van der Waals surface area (Å²) < 4.78 is 7.26. The van der Waals surface area contributed by atoms with Crippen molar-refractivity contribution in [2.24, 2.45) is 5.92 Å². The molecule has 2 saturated heterocycles. The summed E-state index contributed by atoms with van der Waals surface area (Å²) in [6.45, 7) is 3.91. The molecular weight excluding hydrogens is 364 g/mol. The molecule has 1 unspecified atom stereocenters. The Labute approximate surface area is 164 Å². The van der Waals surface area contributed by atoms with Gasteiger partial charge in [0.25, 0.3) is 5.91 Å². The number of amides is 2. The molecule has 0 spiro atoms. The van der Waals surface area contributed by atoms with Crippen molar-refractivity contribution < 1.29 is 24.2 Å². The Bertz CT molecular complexity index is 741. The molecule has 1 atom stereocenters. The molecule has 3 rings (SSSR count). The Morgan fingerprint density at radius 2 is 2.00 bits per heavy atom. The number of carbonyl (C=O) groups excluding carboxylic acids is 2. The van der Waals surface area contributed by atoms with Crippen LogP contribution in [-0.2, 0) is 14.3 Å². The van der Waals surface area contributed by atoms with E-state index in [9.17, 15) is 19.5 Å². The van der Waals surface area contributed by atoms with E-state index in [1.165, 1.54) is 4.90 Å². The zero-order valence-electron chi connectivity index (χ0n) is 16.5. The molecule has 28 heavy (non-hydrogen) atoms. The summed E-state index contributed by atoms with van der Waals surface area (Å²) in [5.41, 5.74) is 1.28. The molecule has 0 radical (unpaired) electrons. The molecule has 1 aromatic heterocycles. The van der Waals surface area contributed by atoms with Crippen LogP contribution in [0.4, 0.5) is 0 Å². The highest BCUT2D eigenvalue weighted by Gasteiger charge is 2.30. The average molecular weight is 392 g/mol. The van der Waals surface area contributed by atoms with E-state index in [1.54, 1.807) is 18.1 Å². The fraction of sp³-hybridized carbons (Fsp3) is 0.684. The van der Waals surface area contributed by atoms with Gasteiger partial charge in [-0.15, -0.1) is 0 Å². The number of carboxylic acid groups (broad SMARTS) is 1. The van der Waals surface area contributed by atoms with Crippen LogP contribution in [0.5, 0.6) is 0 Å². The Morgan fingerprint density at radius 3 is 2.68 bits per heavy atom. The highest BCUT2D eigenvalue weighted by Crippen LogP contribution is 2.23. The molecule has 9 heteroatoms. The van der Waals surface area contributed by atoms with Crippen molar-refractivity contribution in [3.63, 3.8) is 0 Å². The number of aliphatic carboxylic acids is 1. The Kier molecular flexibility index (Phi) is 6.33. The maximum Gasteiger partial charge on any atom is 0.308 e. The minimum atomic E-state index is -0.877. The highest BCUT2D eigenvalue weighted by atomic mass is 16.5. The van der Waals surface area contributed by atoms with Gasteiger partial charge in [0.2, 0.25) is 5.91 Å². The maximum atomic E-state index is 12.8. The standard InChI is InChI=1S/C19H28N4O5/c1-13-16(10-20-23(13)15-5-8-28-9-6-15)18(25)21(2)12-17(24)22-7-3-4-14(11-22)19(26)27/h10,14-15H,3-9,11-12H2,1-2H3,(H,26,27). The van der Waals surface area contributed by atoms with Gasteiger partial charge >= 0.3 is 5.97 Å². The summed E-state index contributed by atoms with van der Waals surface area (Å²) in [6.07, 6.45) is 4.54. The first kappa shape index (κ1) is 20.3. The van der Waals surface area contributed by atoms with Gasteiger partial charge in [-0.2, -0.15) is 5.10 Å². The van der Waals surface area contributed by atoms with Gasteiger partial charge in [-0.05, 0) is 32.6 Å². The van der Waals surface area contributed by atoms with Gasteiger partial charge in [0.1, 0.15) is 0 Å². The molecule has 0 aliphatic carbocycles. The average Bonchev–Trinajstić information content (AvgIpc) is 3.09. The molecule has 1 N–H and O–H groups in total. The smallest absolute Gasteiger partial charge is 0.308 e. The maximum absolute atomic E-state index is 12.8. The Morgan fingerprint density at radius 1 is 1.29 bits per heavy atom. The van der Waals surface area contributed by atoms with Gasteiger partial charge in [0, 0.05) is 39.0 Å². The first-order valence-corrected chi connectivity index (χ1v) is 9.76. The van der Waals surface area contributed by atoms with Crippen LogP contribution >= 0.6 is 0 Å². The van der Waals surface area contributed by atoms with Gasteiger partial charge in [-0.25, -0.2) is 0 Å². The first-order chi connectivity index (χ1) is 13.4. The number of likely N-dealkylation sites (N-methyl/N-ethyl adjacent to an activating group) is 1. The molecule has 2 aliphatic rings. The van der Waals surface area contributed by atoms with Crippen molar-refractivity contribution in [3.05, 3.63) is 17.5 Å². The molecule has 1 aromatic rings. The van der Waals surface area contributed by atoms with Crippen LogP contribution in [0.2, 0.25) is 0 Å². The number of carbonyl (C=O) groups is 3. The van der Waals surface area contributed by atoms with Crippen molar-refractivity contribution in [1.82, 2.24) is 19.6 Å². The molecule has 2 fully saturated rings. The molecule has 0 bridgehead atoms. The summed E-state index contributed by atoms with van der Waals surface area (Å²) >= 11 is 0. The molecule has 0 saturated carbocycles. The van der Waals surface area contributed by atoms with Gasteiger partial charge < -0.3 is 19.6 Å². The molecule has 0 aromatic carbocycles. The van der Waals surface area contributed by atoms with Crippen molar-refractivity contribution in [2.75, 3.05) is 39.9 Å².